The summed E-state index contributed by atoms with van der Waals surface area (Å²) in [5, 5.41) is 8.66. The van der Waals surface area contributed by atoms with Gasteiger partial charge in [0.15, 0.2) is 5.76 Å². The maximum Gasteiger partial charge on any atom is 0.291 e. The van der Waals surface area contributed by atoms with Crippen LogP contribution in [0.4, 0.5) is 11.4 Å². The molecule has 5 aromatic rings. The van der Waals surface area contributed by atoms with Crippen LogP contribution < -0.4 is 10.6 Å². The fourth-order valence-corrected chi connectivity index (χ4v) is 3.46. The van der Waals surface area contributed by atoms with Gasteiger partial charge in [0, 0.05) is 22.3 Å². The van der Waals surface area contributed by atoms with Crippen molar-refractivity contribution >= 4 is 44.9 Å². The molecule has 5 heteroatoms. The first kappa shape index (κ1) is 18.6. The molecule has 0 unspecified atom stereocenters. The molecule has 5 nitrogen and oxygen atoms in total. The van der Waals surface area contributed by atoms with E-state index in [4.69, 9.17) is 4.42 Å². The highest BCUT2D eigenvalue weighted by atomic mass is 16.3. The summed E-state index contributed by atoms with van der Waals surface area (Å²) in [6.07, 6.45) is 0. The summed E-state index contributed by atoms with van der Waals surface area (Å²) in [6.45, 7) is 0. The molecule has 0 saturated carbocycles. The number of amides is 2. The average Bonchev–Trinajstić information content (AvgIpc) is 3.24. The third-order valence-electron chi connectivity index (χ3n) is 5.06. The second-order valence-electron chi connectivity index (χ2n) is 7.20. The van der Waals surface area contributed by atoms with Gasteiger partial charge in [-0.1, -0.05) is 48.5 Å². The zero-order chi connectivity index (χ0) is 21.2. The Morgan fingerprint density at radius 3 is 1.90 bits per heavy atom. The molecule has 1 heterocycles. The van der Waals surface area contributed by atoms with Gasteiger partial charge in [-0.25, -0.2) is 0 Å². The second kappa shape index (κ2) is 7.80. The van der Waals surface area contributed by atoms with Gasteiger partial charge < -0.3 is 15.1 Å². The van der Waals surface area contributed by atoms with E-state index in [0.717, 1.165) is 16.2 Å². The van der Waals surface area contributed by atoms with Crippen LogP contribution in [0.15, 0.2) is 101 Å². The predicted octanol–water partition coefficient (Wildman–Crippen LogP) is 6.09. The molecule has 0 aliphatic carbocycles. The van der Waals surface area contributed by atoms with Crippen LogP contribution in [0.5, 0.6) is 0 Å². The third kappa shape index (κ3) is 3.89. The van der Waals surface area contributed by atoms with Gasteiger partial charge in [-0.05, 0) is 59.3 Å². The molecular formula is C26H18N2O3. The number of nitrogens with one attached hydrogen (secondary N) is 2. The molecular weight excluding hydrogens is 388 g/mol. The summed E-state index contributed by atoms with van der Waals surface area (Å²) in [6, 6.07) is 29.6. The number of carbonyl (C=O) groups is 2. The first-order valence-electron chi connectivity index (χ1n) is 9.86. The lowest BCUT2D eigenvalue weighted by Crippen LogP contribution is -2.13. The number of hydrogen-bond acceptors (Lipinski definition) is 3. The molecule has 0 aliphatic rings. The molecule has 0 fully saturated rings. The molecule has 31 heavy (non-hydrogen) atoms. The van der Waals surface area contributed by atoms with Crippen molar-refractivity contribution in [3.8, 4) is 0 Å². The Balaban J connectivity index is 1.26. The van der Waals surface area contributed by atoms with E-state index in [0.29, 0.717) is 22.5 Å². The first-order chi connectivity index (χ1) is 15.2. The molecule has 2 amide bonds. The van der Waals surface area contributed by atoms with Gasteiger partial charge in [0.2, 0.25) is 0 Å². The molecule has 2 N–H and O–H groups in total. The summed E-state index contributed by atoms with van der Waals surface area (Å²) in [4.78, 5) is 25.1. The zero-order valence-corrected chi connectivity index (χ0v) is 16.5. The zero-order valence-electron chi connectivity index (χ0n) is 16.5. The number of carbonyl (C=O) groups excluding carboxylic acids is 2. The van der Waals surface area contributed by atoms with Crippen molar-refractivity contribution in [3.63, 3.8) is 0 Å². The Morgan fingerprint density at radius 1 is 0.581 bits per heavy atom. The molecule has 0 radical (unpaired) electrons. The molecule has 0 bridgehead atoms. The van der Waals surface area contributed by atoms with Gasteiger partial charge in [0.1, 0.15) is 5.58 Å². The quantitative estimate of drug-likeness (QED) is 0.379. The van der Waals surface area contributed by atoms with E-state index in [1.807, 2.05) is 60.7 Å². The first-order valence-corrected chi connectivity index (χ1v) is 9.86. The number of para-hydroxylation sites is 1. The minimum atomic E-state index is -0.329. The number of benzene rings is 4. The summed E-state index contributed by atoms with van der Waals surface area (Å²) < 4.78 is 5.59. The number of rotatable bonds is 4. The molecule has 0 aliphatic heterocycles. The second-order valence-corrected chi connectivity index (χ2v) is 7.20. The highest BCUT2D eigenvalue weighted by Gasteiger charge is 2.13. The van der Waals surface area contributed by atoms with Crippen molar-refractivity contribution in [2.45, 2.75) is 0 Å². The monoisotopic (exact) mass is 406 g/mol. The van der Waals surface area contributed by atoms with Gasteiger partial charge in [0.05, 0.1) is 0 Å². The molecule has 150 valence electrons. The lowest BCUT2D eigenvalue weighted by Gasteiger charge is -2.08. The van der Waals surface area contributed by atoms with Crippen molar-refractivity contribution in [1.82, 2.24) is 0 Å². The fraction of sp³-hybridized carbons (Fsp3) is 0. The molecule has 0 spiro atoms. The van der Waals surface area contributed by atoms with E-state index in [1.54, 1.807) is 36.4 Å². The summed E-state index contributed by atoms with van der Waals surface area (Å²) >= 11 is 0. The lowest BCUT2D eigenvalue weighted by atomic mass is 10.1. The summed E-state index contributed by atoms with van der Waals surface area (Å²) in [5.41, 5.74) is 2.49. The summed E-state index contributed by atoms with van der Waals surface area (Å²) in [5.74, 6) is -0.274. The van der Waals surface area contributed by atoms with Crippen LogP contribution in [0.3, 0.4) is 0 Å². The Morgan fingerprint density at radius 2 is 1.19 bits per heavy atom. The Bertz CT molecular complexity index is 1380. The van der Waals surface area contributed by atoms with Crippen molar-refractivity contribution in [2.75, 3.05) is 10.6 Å². The van der Waals surface area contributed by atoms with Crippen molar-refractivity contribution < 1.29 is 14.0 Å². The van der Waals surface area contributed by atoms with Crippen LogP contribution in [-0.2, 0) is 0 Å². The van der Waals surface area contributed by atoms with Gasteiger partial charge in [0.25, 0.3) is 11.8 Å². The standard InChI is InChI=1S/C26H18N2O3/c29-25(20-10-9-17-5-1-2-6-18(17)15-20)27-21-11-13-22(14-12-21)28-26(30)24-16-19-7-3-4-8-23(19)31-24/h1-16H,(H,27,29)(H,28,30). The van der Waals surface area contributed by atoms with Crippen LogP contribution in [0, 0.1) is 0 Å². The minimum absolute atomic E-state index is 0.190. The van der Waals surface area contributed by atoms with Crippen molar-refractivity contribution in [1.29, 1.82) is 0 Å². The molecule has 0 atom stereocenters. The van der Waals surface area contributed by atoms with Crippen LogP contribution in [0.25, 0.3) is 21.7 Å². The van der Waals surface area contributed by atoms with E-state index >= 15 is 0 Å². The largest absolute Gasteiger partial charge is 0.451 e. The summed E-state index contributed by atoms with van der Waals surface area (Å²) in [7, 11) is 0. The molecule has 5 rings (SSSR count). The van der Waals surface area contributed by atoms with Crippen LogP contribution in [-0.4, -0.2) is 11.8 Å². The highest BCUT2D eigenvalue weighted by Crippen LogP contribution is 2.21. The smallest absolute Gasteiger partial charge is 0.291 e. The number of hydrogen-bond donors (Lipinski definition) is 2. The maximum atomic E-state index is 12.6. The van der Waals surface area contributed by atoms with Gasteiger partial charge in [-0.3, -0.25) is 9.59 Å². The molecule has 1 aromatic heterocycles. The Labute approximate surface area is 178 Å². The average molecular weight is 406 g/mol. The van der Waals surface area contributed by atoms with Gasteiger partial charge in [-0.15, -0.1) is 0 Å². The van der Waals surface area contributed by atoms with E-state index in [2.05, 4.69) is 10.6 Å². The predicted molar refractivity (Wildman–Crippen MR) is 123 cm³/mol. The molecule has 0 saturated heterocycles. The van der Waals surface area contributed by atoms with E-state index in [-0.39, 0.29) is 17.6 Å². The Hall–Kier alpha value is -4.38. The minimum Gasteiger partial charge on any atom is -0.451 e. The van der Waals surface area contributed by atoms with Crippen LogP contribution in [0.1, 0.15) is 20.9 Å². The molecule has 4 aromatic carbocycles. The normalized spacial score (nSPS) is 10.8. The van der Waals surface area contributed by atoms with Gasteiger partial charge in [-0.2, -0.15) is 0 Å². The van der Waals surface area contributed by atoms with E-state index in [1.165, 1.54) is 0 Å². The third-order valence-corrected chi connectivity index (χ3v) is 5.06. The Kier molecular flexibility index (Phi) is 4.69. The number of furan rings is 1. The number of anilines is 2. The van der Waals surface area contributed by atoms with Crippen LogP contribution in [0.2, 0.25) is 0 Å². The topological polar surface area (TPSA) is 71.3 Å². The van der Waals surface area contributed by atoms with Gasteiger partial charge >= 0.3 is 0 Å². The van der Waals surface area contributed by atoms with Crippen molar-refractivity contribution in [2.24, 2.45) is 0 Å². The maximum absolute atomic E-state index is 12.6. The SMILES string of the molecule is O=C(Nc1ccc(NC(=O)c2cc3ccccc3o2)cc1)c1ccc2ccccc2c1. The fourth-order valence-electron chi connectivity index (χ4n) is 3.46. The lowest BCUT2D eigenvalue weighted by molar-refractivity contribution is 0.0996. The van der Waals surface area contributed by atoms with Crippen LogP contribution >= 0.6 is 0 Å². The van der Waals surface area contributed by atoms with E-state index < -0.39 is 0 Å². The number of fused-ring (bicyclic) bond motifs is 2. The highest BCUT2D eigenvalue weighted by molar-refractivity contribution is 6.07. The van der Waals surface area contributed by atoms with Crippen molar-refractivity contribution in [3.05, 3.63) is 108 Å². The van der Waals surface area contributed by atoms with E-state index in [9.17, 15) is 9.59 Å².